The summed E-state index contributed by atoms with van der Waals surface area (Å²) in [4.78, 5) is 15.1. The first kappa shape index (κ1) is 22.3. The molecule has 3 heterocycles. The molecule has 1 aliphatic rings. The third-order valence-electron chi connectivity index (χ3n) is 5.33. The van der Waals surface area contributed by atoms with Crippen LogP contribution in [-0.2, 0) is 9.53 Å². The molecule has 3 aromatic rings. The van der Waals surface area contributed by atoms with Crippen molar-refractivity contribution in [2.45, 2.75) is 44.1 Å². The Balaban J connectivity index is 1.60. The minimum absolute atomic E-state index is 0.107. The number of morpholine rings is 1. The van der Waals surface area contributed by atoms with Crippen molar-refractivity contribution in [3.63, 3.8) is 0 Å². The number of ether oxygens (including phenoxy) is 1. The van der Waals surface area contributed by atoms with E-state index in [1.165, 1.54) is 11.8 Å². The SMILES string of the molecule is Cc1ccccc1-n1c(S[C@@H](C)C(=O)Nc2ccnn2C(C)C)nnc1N1CCOCC1. The van der Waals surface area contributed by atoms with Crippen molar-refractivity contribution in [1.82, 2.24) is 24.5 Å². The molecule has 0 unspecified atom stereocenters. The van der Waals surface area contributed by atoms with Gasteiger partial charge in [0.05, 0.1) is 30.3 Å². The molecule has 0 aliphatic carbocycles. The lowest BCUT2D eigenvalue weighted by Gasteiger charge is -2.28. The zero-order valence-electron chi connectivity index (χ0n) is 18.9. The third-order valence-corrected chi connectivity index (χ3v) is 6.37. The topological polar surface area (TPSA) is 90.1 Å². The second-order valence-electron chi connectivity index (χ2n) is 8.01. The van der Waals surface area contributed by atoms with Crippen LogP contribution in [0.5, 0.6) is 0 Å². The number of nitrogens with zero attached hydrogens (tertiary/aromatic N) is 6. The Morgan fingerprint density at radius 1 is 1.12 bits per heavy atom. The summed E-state index contributed by atoms with van der Waals surface area (Å²) in [6, 6.07) is 10.1. The molecule has 1 atom stereocenters. The fourth-order valence-electron chi connectivity index (χ4n) is 3.60. The summed E-state index contributed by atoms with van der Waals surface area (Å²) in [5, 5.41) is 16.5. The zero-order valence-corrected chi connectivity index (χ0v) is 19.7. The van der Waals surface area contributed by atoms with Crippen LogP contribution in [0.4, 0.5) is 11.8 Å². The Kier molecular flexibility index (Phi) is 6.80. The number of aryl methyl sites for hydroxylation is 1. The maximum absolute atomic E-state index is 13.0. The van der Waals surface area contributed by atoms with E-state index in [0.717, 1.165) is 30.3 Å². The Labute approximate surface area is 192 Å². The number of nitrogens with one attached hydrogen (secondary N) is 1. The van der Waals surface area contributed by atoms with Crippen LogP contribution in [0, 0.1) is 6.92 Å². The van der Waals surface area contributed by atoms with Gasteiger partial charge in [0.1, 0.15) is 5.82 Å². The van der Waals surface area contributed by atoms with E-state index in [2.05, 4.69) is 44.6 Å². The second kappa shape index (κ2) is 9.74. The van der Waals surface area contributed by atoms with Crippen LogP contribution in [0.15, 0.2) is 41.7 Å². The standard InChI is InChI=1S/C22H29N7O2S/c1-15(2)29-19(9-10-23-29)24-20(30)17(4)32-22-26-25-21(27-11-13-31-14-12-27)28(22)18-8-6-5-7-16(18)3/h5-10,15,17H,11-14H2,1-4H3,(H,24,30)/t17-/m0/s1. The van der Waals surface area contributed by atoms with Gasteiger partial charge in [-0.3, -0.25) is 9.36 Å². The number of thioether (sulfide) groups is 1. The van der Waals surface area contributed by atoms with E-state index in [9.17, 15) is 4.79 Å². The van der Waals surface area contributed by atoms with E-state index >= 15 is 0 Å². The molecule has 1 saturated heterocycles. The first-order valence-electron chi connectivity index (χ1n) is 10.8. The van der Waals surface area contributed by atoms with E-state index in [-0.39, 0.29) is 17.2 Å². The highest BCUT2D eigenvalue weighted by Crippen LogP contribution is 2.31. The molecule has 4 rings (SSSR count). The summed E-state index contributed by atoms with van der Waals surface area (Å²) < 4.78 is 9.35. The van der Waals surface area contributed by atoms with Crippen molar-refractivity contribution in [1.29, 1.82) is 0 Å². The Morgan fingerprint density at radius 2 is 1.88 bits per heavy atom. The third kappa shape index (κ3) is 4.66. The van der Waals surface area contributed by atoms with Gasteiger partial charge in [0.25, 0.3) is 0 Å². The van der Waals surface area contributed by atoms with Crippen molar-refractivity contribution >= 4 is 29.4 Å². The molecule has 2 aromatic heterocycles. The molecule has 170 valence electrons. The van der Waals surface area contributed by atoms with Gasteiger partial charge < -0.3 is 15.0 Å². The zero-order chi connectivity index (χ0) is 22.7. The molecular weight excluding hydrogens is 426 g/mol. The highest BCUT2D eigenvalue weighted by atomic mass is 32.2. The highest BCUT2D eigenvalue weighted by molar-refractivity contribution is 8.00. The molecule has 1 amide bonds. The van der Waals surface area contributed by atoms with Crippen LogP contribution in [-0.4, -0.2) is 62.0 Å². The number of rotatable bonds is 7. The summed E-state index contributed by atoms with van der Waals surface area (Å²) >= 11 is 1.39. The number of amides is 1. The van der Waals surface area contributed by atoms with Crippen LogP contribution in [0.2, 0.25) is 0 Å². The van der Waals surface area contributed by atoms with Gasteiger partial charge in [-0.15, -0.1) is 10.2 Å². The Morgan fingerprint density at radius 3 is 2.59 bits per heavy atom. The van der Waals surface area contributed by atoms with Gasteiger partial charge in [-0.2, -0.15) is 5.10 Å². The average molecular weight is 456 g/mol. The lowest BCUT2D eigenvalue weighted by molar-refractivity contribution is -0.115. The molecule has 0 saturated carbocycles. The van der Waals surface area contributed by atoms with Gasteiger partial charge >= 0.3 is 0 Å². The van der Waals surface area contributed by atoms with Crippen molar-refractivity contribution in [2.75, 3.05) is 36.5 Å². The minimum atomic E-state index is -0.380. The molecule has 1 aliphatic heterocycles. The number of benzene rings is 1. The van der Waals surface area contributed by atoms with Crippen molar-refractivity contribution in [2.24, 2.45) is 0 Å². The van der Waals surface area contributed by atoms with Gasteiger partial charge in [0, 0.05) is 25.2 Å². The summed E-state index contributed by atoms with van der Waals surface area (Å²) in [5.41, 5.74) is 2.12. The normalized spacial score (nSPS) is 15.2. The maximum atomic E-state index is 13.0. The molecule has 1 N–H and O–H groups in total. The quantitative estimate of drug-likeness (QED) is 0.547. The molecule has 10 heteroatoms. The summed E-state index contributed by atoms with van der Waals surface area (Å²) in [6.07, 6.45) is 1.69. The lowest BCUT2D eigenvalue weighted by atomic mass is 10.2. The maximum Gasteiger partial charge on any atom is 0.238 e. The predicted octanol–water partition coefficient (Wildman–Crippen LogP) is 3.31. The van der Waals surface area contributed by atoms with Gasteiger partial charge in [0.15, 0.2) is 5.16 Å². The monoisotopic (exact) mass is 455 g/mol. The van der Waals surface area contributed by atoms with Gasteiger partial charge in [-0.05, 0) is 39.3 Å². The first-order valence-corrected chi connectivity index (χ1v) is 11.7. The van der Waals surface area contributed by atoms with Crippen LogP contribution in [0.25, 0.3) is 5.69 Å². The number of hydrogen-bond donors (Lipinski definition) is 1. The van der Waals surface area contributed by atoms with E-state index in [1.54, 1.807) is 10.9 Å². The number of carbonyl (C=O) groups is 1. The highest BCUT2D eigenvalue weighted by Gasteiger charge is 2.26. The predicted molar refractivity (Wildman–Crippen MR) is 126 cm³/mol. The molecule has 9 nitrogen and oxygen atoms in total. The van der Waals surface area contributed by atoms with Crippen LogP contribution in [0.1, 0.15) is 32.4 Å². The van der Waals surface area contributed by atoms with Crippen LogP contribution < -0.4 is 10.2 Å². The van der Waals surface area contributed by atoms with E-state index in [1.807, 2.05) is 43.5 Å². The fourth-order valence-corrected chi connectivity index (χ4v) is 4.45. The van der Waals surface area contributed by atoms with E-state index in [4.69, 9.17) is 4.74 Å². The summed E-state index contributed by atoms with van der Waals surface area (Å²) in [6.45, 7) is 10.8. The van der Waals surface area contributed by atoms with Crippen molar-refractivity contribution < 1.29 is 9.53 Å². The molecule has 32 heavy (non-hydrogen) atoms. The molecule has 1 fully saturated rings. The molecule has 0 radical (unpaired) electrons. The number of anilines is 2. The number of hydrogen-bond acceptors (Lipinski definition) is 7. The fraction of sp³-hybridized carbons (Fsp3) is 0.455. The number of para-hydroxylation sites is 1. The largest absolute Gasteiger partial charge is 0.378 e. The second-order valence-corrected chi connectivity index (χ2v) is 9.32. The molecular formula is C22H29N7O2S. The van der Waals surface area contributed by atoms with Gasteiger partial charge in [0.2, 0.25) is 11.9 Å². The van der Waals surface area contributed by atoms with E-state index in [0.29, 0.717) is 24.2 Å². The Hall–Kier alpha value is -2.85. The van der Waals surface area contributed by atoms with Gasteiger partial charge in [-0.1, -0.05) is 30.0 Å². The minimum Gasteiger partial charge on any atom is -0.378 e. The van der Waals surface area contributed by atoms with Crippen LogP contribution >= 0.6 is 11.8 Å². The van der Waals surface area contributed by atoms with Gasteiger partial charge in [-0.25, -0.2) is 4.68 Å². The van der Waals surface area contributed by atoms with Crippen molar-refractivity contribution in [3.05, 3.63) is 42.1 Å². The summed E-state index contributed by atoms with van der Waals surface area (Å²) in [7, 11) is 0. The molecule has 0 bridgehead atoms. The Bertz CT molecular complexity index is 1070. The van der Waals surface area contributed by atoms with E-state index < -0.39 is 0 Å². The summed E-state index contributed by atoms with van der Waals surface area (Å²) in [5.74, 6) is 1.35. The van der Waals surface area contributed by atoms with Crippen LogP contribution in [0.3, 0.4) is 0 Å². The smallest absolute Gasteiger partial charge is 0.238 e. The molecule has 1 aromatic carbocycles. The molecule has 0 spiro atoms. The lowest BCUT2D eigenvalue weighted by Crippen LogP contribution is -2.38. The number of aromatic nitrogens is 5. The first-order chi connectivity index (χ1) is 15.5. The number of carbonyl (C=O) groups excluding carboxylic acids is 1. The average Bonchev–Trinajstić information content (AvgIpc) is 3.42. The van der Waals surface area contributed by atoms with Crippen molar-refractivity contribution in [3.8, 4) is 5.69 Å².